The molecule has 2 rings (SSSR count). The van der Waals surface area contributed by atoms with E-state index in [1.165, 1.54) is 0 Å². The highest BCUT2D eigenvalue weighted by Gasteiger charge is 2.14. The topological polar surface area (TPSA) is 88.5 Å². The van der Waals surface area contributed by atoms with Crippen molar-refractivity contribution in [2.75, 3.05) is 6.54 Å². The molecule has 0 bridgehead atoms. The number of aliphatic carboxylic acids is 1. The second kappa shape index (κ2) is 8.99. The third-order valence-electron chi connectivity index (χ3n) is 3.96. The summed E-state index contributed by atoms with van der Waals surface area (Å²) in [6.07, 6.45) is 3.49. The van der Waals surface area contributed by atoms with Gasteiger partial charge in [0.15, 0.2) is 0 Å². The molecule has 0 aliphatic rings. The Hall–Kier alpha value is -2.89. The summed E-state index contributed by atoms with van der Waals surface area (Å²) in [6.45, 7) is 6.32. The predicted octanol–water partition coefficient (Wildman–Crippen LogP) is 3.12. The molecule has 26 heavy (non-hydrogen) atoms. The van der Waals surface area contributed by atoms with Gasteiger partial charge >= 0.3 is 5.97 Å². The Kier molecular flexibility index (Phi) is 6.72. The number of benzene rings is 1. The number of nitrogens with zero attached hydrogens (tertiary/aromatic N) is 1. The van der Waals surface area contributed by atoms with Crippen LogP contribution < -0.4 is 10.1 Å². The zero-order valence-electron chi connectivity index (χ0n) is 15.3. The van der Waals surface area contributed by atoms with Crippen molar-refractivity contribution in [3.8, 4) is 5.75 Å². The monoisotopic (exact) mass is 356 g/mol. The SMILES string of the molecule is Cc1cc(C(=O)NCC(C)CC(=O)O)cc(C)c1OCc1cccnc1. The van der Waals surface area contributed by atoms with Gasteiger partial charge in [-0.25, -0.2) is 0 Å². The van der Waals surface area contributed by atoms with Crippen molar-refractivity contribution >= 4 is 11.9 Å². The highest BCUT2D eigenvalue weighted by Crippen LogP contribution is 2.25. The first-order valence-corrected chi connectivity index (χ1v) is 8.49. The minimum atomic E-state index is -0.867. The summed E-state index contributed by atoms with van der Waals surface area (Å²) in [5.41, 5.74) is 3.26. The van der Waals surface area contributed by atoms with Crippen LogP contribution >= 0.6 is 0 Å². The predicted molar refractivity (Wildman–Crippen MR) is 98.2 cm³/mol. The van der Waals surface area contributed by atoms with Crippen LogP contribution in [0.15, 0.2) is 36.7 Å². The van der Waals surface area contributed by atoms with E-state index in [4.69, 9.17) is 9.84 Å². The Balaban J connectivity index is 2.01. The van der Waals surface area contributed by atoms with Gasteiger partial charge < -0.3 is 15.2 Å². The summed E-state index contributed by atoms with van der Waals surface area (Å²) in [7, 11) is 0. The number of carbonyl (C=O) groups excluding carboxylic acids is 1. The minimum absolute atomic E-state index is 0.0272. The molecule has 0 fully saturated rings. The van der Waals surface area contributed by atoms with E-state index in [1.54, 1.807) is 31.5 Å². The van der Waals surface area contributed by atoms with Crippen LogP contribution in [0.5, 0.6) is 5.75 Å². The summed E-state index contributed by atoms with van der Waals surface area (Å²) in [6, 6.07) is 7.36. The van der Waals surface area contributed by atoms with Gasteiger partial charge in [-0.3, -0.25) is 14.6 Å². The Bertz CT molecular complexity index is 752. The van der Waals surface area contributed by atoms with E-state index in [-0.39, 0.29) is 18.2 Å². The number of nitrogens with one attached hydrogen (secondary N) is 1. The summed E-state index contributed by atoms with van der Waals surface area (Å²) < 4.78 is 5.89. The Morgan fingerprint density at radius 3 is 2.54 bits per heavy atom. The van der Waals surface area contributed by atoms with Crippen LogP contribution in [-0.4, -0.2) is 28.5 Å². The van der Waals surface area contributed by atoms with Crippen LogP contribution in [0.1, 0.15) is 40.4 Å². The van der Waals surface area contributed by atoms with Gasteiger partial charge in [0, 0.05) is 36.5 Å². The molecule has 2 aromatic rings. The van der Waals surface area contributed by atoms with Crippen molar-refractivity contribution < 1.29 is 19.4 Å². The van der Waals surface area contributed by atoms with Gasteiger partial charge in [-0.05, 0) is 49.1 Å². The zero-order chi connectivity index (χ0) is 19.1. The quantitative estimate of drug-likeness (QED) is 0.759. The van der Waals surface area contributed by atoms with Gasteiger partial charge in [0.25, 0.3) is 5.91 Å². The number of aromatic nitrogens is 1. The second-order valence-corrected chi connectivity index (χ2v) is 6.50. The molecule has 0 aliphatic carbocycles. The molecule has 1 unspecified atom stereocenters. The van der Waals surface area contributed by atoms with Crippen LogP contribution in [0.3, 0.4) is 0 Å². The van der Waals surface area contributed by atoms with Crippen molar-refractivity contribution in [1.82, 2.24) is 10.3 Å². The van der Waals surface area contributed by atoms with E-state index >= 15 is 0 Å². The van der Waals surface area contributed by atoms with Crippen molar-refractivity contribution in [3.05, 3.63) is 58.9 Å². The molecule has 0 saturated heterocycles. The van der Waals surface area contributed by atoms with Gasteiger partial charge in [-0.15, -0.1) is 0 Å². The van der Waals surface area contributed by atoms with Crippen LogP contribution in [0.25, 0.3) is 0 Å². The highest BCUT2D eigenvalue weighted by molar-refractivity contribution is 5.94. The largest absolute Gasteiger partial charge is 0.488 e. The summed E-state index contributed by atoms with van der Waals surface area (Å²) in [5.74, 6) is -0.453. The third kappa shape index (κ3) is 5.58. The van der Waals surface area contributed by atoms with Crippen LogP contribution in [0.4, 0.5) is 0 Å². The first kappa shape index (κ1) is 19.4. The van der Waals surface area contributed by atoms with Gasteiger partial charge in [-0.1, -0.05) is 13.0 Å². The second-order valence-electron chi connectivity index (χ2n) is 6.50. The fourth-order valence-corrected chi connectivity index (χ4v) is 2.69. The third-order valence-corrected chi connectivity index (χ3v) is 3.96. The number of rotatable bonds is 8. The molecule has 6 heteroatoms. The molecule has 1 aromatic carbocycles. The molecular weight excluding hydrogens is 332 g/mol. The van der Waals surface area contributed by atoms with Crippen molar-refractivity contribution in [2.45, 2.75) is 33.8 Å². The molecule has 0 aliphatic heterocycles. The number of aryl methyl sites for hydroxylation is 2. The maximum atomic E-state index is 12.3. The summed E-state index contributed by atoms with van der Waals surface area (Å²) >= 11 is 0. The van der Waals surface area contributed by atoms with Crippen molar-refractivity contribution in [1.29, 1.82) is 0 Å². The van der Waals surface area contributed by atoms with Crippen molar-refractivity contribution in [2.24, 2.45) is 5.92 Å². The molecule has 138 valence electrons. The number of amides is 1. The smallest absolute Gasteiger partial charge is 0.303 e. The Morgan fingerprint density at radius 2 is 1.96 bits per heavy atom. The summed E-state index contributed by atoms with van der Waals surface area (Å²) in [4.78, 5) is 27.1. The fraction of sp³-hybridized carbons (Fsp3) is 0.350. The lowest BCUT2D eigenvalue weighted by atomic mass is 10.0. The molecule has 1 atom stereocenters. The van der Waals surface area contributed by atoms with Crippen LogP contribution in [0.2, 0.25) is 0 Å². The maximum Gasteiger partial charge on any atom is 0.303 e. The lowest BCUT2D eigenvalue weighted by Gasteiger charge is -2.15. The highest BCUT2D eigenvalue weighted by atomic mass is 16.5. The molecule has 0 spiro atoms. The number of pyridine rings is 1. The van der Waals surface area contributed by atoms with E-state index in [2.05, 4.69) is 10.3 Å². The lowest BCUT2D eigenvalue weighted by Crippen LogP contribution is -2.29. The van der Waals surface area contributed by atoms with E-state index in [9.17, 15) is 9.59 Å². The van der Waals surface area contributed by atoms with Gasteiger partial charge in [0.1, 0.15) is 12.4 Å². The van der Waals surface area contributed by atoms with Gasteiger partial charge in [0.05, 0.1) is 0 Å². The fourth-order valence-electron chi connectivity index (χ4n) is 2.69. The lowest BCUT2D eigenvalue weighted by molar-refractivity contribution is -0.137. The molecule has 6 nitrogen and oxygen atoms in total. The van der Waals surface area contributed by atoms with Crippen LogP contribution in [-0.2, 0) is 11.4 Å². The zero-order valence-corrected chi connectivity index (χ0v) is 15.3. The molecule has 1 amide bonds. The first-order valence-electron chi connectivity index (χ1n) is 8.49. The van der Waals surface area contributed by atoms with Crippen molar-refractivity contribution in [3.63, 3.8) is 0 Å². The van der Waals surface area contributed by atoms with E-state index in [0.29, 0.717) is 18.7 Å². The van der Waals surface area contributed by atoms with E-state index in [1.807, 2.05) is 26.0 Å². The Morgan fingerprint density at radius 1 is 1.27 bits per heavy atom. The molecule has 0 radical (unpaired) electrons. The van der Waals surface area contributed by atoms with E-state index in [0.717, 1.165) is 22.4 Å². The molecule has 2 N–H and O–H groups in total. The Labute approximate surface area is 153 Å². The number of hydrogen-bond acceptors (Lipinski definition) is 4. The average Bonchev–Trinajstić information content (AvgIpc) is 2.59. The average molecular weight is 356 g/mol. The molecule has 0 saturated carbocycles. The number of ether oxygens (including phenoxy) is 1. The minimum Gasteiger partial charge on any atom is -0.488 e. The van der Waals surface area contributed by atoms with E-state index < -0.39 is 5.97 Å². The molecule has 1 heterocycles. The number of carboxylic acid groups (broad SMARTS) is 1. The molecular formula is C20H24N2O4. The number of carboxylic acids is 1. The van der Waals surface area contributed by atoms with Gasteiger partial charge in [0.2, 0.25) is 0 Å². The maximum absolute atomic E-state index is 12.3. The number of hydrogen-bond donors (Lipinski definition) is 2. The van der Waals surface area contributed by atoms with Gasteiger partial charge in [-0.2, -0.15) is 0 Å². The first-order chi connectivity index (χ1) is 12.4. The summed E-state index contributed by atoms with van der Waals surface area (Å²) in [5, 5.41) is 11.6. The van der Waals surface area contributed by atoms with Crippen LogP contribution in [0, 0.1) is 19.8 Å². The molecule has 1 aromatic heterocycles. The standard InChI is InChI=1S/C20H24N2O4/c1-13(7-18(23)24)10-22-20(25)17-8-14(2)19(15(3)9-17)26-12-16-5-4-6-21-11-16/h4-6,8-9,11,13H,7,10,12H2,1-3H3,(H,22,25)(H,23,24). The normalized spacial score (nSPS) is 11.7. The number of carbonyl (C=O) groups is 2.